The van der Waals surface area contributed by atoms with E-state index in [1.807, 2.05) is 0 Å². The lowest BCUT2D eigenvalue weighted by Crippen LogP contribution is -2.40. The van der Waals surface area contributed by atoms with Crippen molar-refractivity contribution in [3.63, 3.8) is 0 Å². The molecular weight excluding hydrogens is 164 g/mol. The van der Waals surface area contributed by atoms with Crippen LogP contribution in [-0.2, 0) is 0 Å². The topological polar surface area (TPSA) is 69.7 Å². The molecule has 1 aliphatic rings. The highest BCUT2D eigenvalue weighted by Crippen LogP contribution is 2.19. The molecule has 1 saturated heterocycles. The lowest BCUT2D eigenvalue weighted by Gasteiger charge is -2.20. The third-order valence-corrected chi connectivity index (χ3v) is 2.20. The van der Waals surface area contributed by atoms with Crippen LogP contribution in [0.15, 0.2) is 0 Å². The van der Waals surface area contributed by atoms with Crippen LogP contribution < -0.4 is 5.73 Å². The molecule has 0 aromatic heterocycles. The van der Waals surface area contributed by atoms with E-state index in [0.29, 0.717) is 19.5 Å². The van der Waals surface area contributed by atoms with Gasteiger partial charge in [-0.1, -0.05) is 0 Å². The Morgan fingerprint density at radius 2 is 2.36 bits per heavy atom. The summed E-state index contributed by atoms with van der Waals surface area (Å²) in [5.41, 5.74) is 4.34. The number of β-amino-alcohol motifs (C(OH)–C–C–N with tert-alkyl or cyclic N) is 1. The summed E-state index contributed by atoms with van der Waals surface area (Å²) in [4.78, 5) is 1.69. The van der Waals surface area contributed by atoms with Gasteiger partial charge in [-0.05, 0) is 18.6 Å². The molecule has 1 fully saturated rings. The van der Waals surface area contributed by atoms with E-state index >= 15 is 0 Å². The minimum Gasteiger partial charge on any atom is -0.393 e. The largest absolute Gasteiger partial charge is 0.393 e. The van der Waals surface area contributed by atoms with Gasteiger partial charge in [-0.25, -0.2) is 0 Å². The van der Waals surface area contributed by atoms with Gasteiger partial charge in [-0.15, -0.1) is 0 Å². The molecule has 0 radical (unpaired) electrons. The van der Waals surface area contributed by atoms with Gasteiger partial charge < -0.3 is 20.8 Å². The Morgan fingerprint density at radius 1 is 1.73 bits per heavy atom. The fourth-order valence-corrected chi connectivity index (χ4v) is 1.33. The Bertz CT molecular complexity index is 176. The predicted molar refractivity (Wildman–Crippen MR) is 45.0 cm³/mol. The van der Waals surface area contributed by atoms with Crippen LogP contribution in [0.1, 0.15) is 6.42 Å². The standard InChI is InChI=1S/C6H12N2O2S/c7-5(11)8-2-1-6(10,3-8)4-9/h9-10H,1-4H2,(H2,7,11). The van der Waals surface area contributed by atoms with Gasteiger partial charge >= 0.3 is 0 Å². The predicted octanol–water partition coefficient (Wildman–Crippen LogP) is -1.34. The van der Waals surface area contributed by atoms with Gasteiger partial charge in [-0.3, -0.25) is 0 Å². The number of aliphatic hydroxyl groups is 2. The maximum Gasteiger partial charge on any atom is 0.166 e. The monoisotopic (exact) mass is 176 g/mol. The smallest absolute Gasteiger partial charge is 0.166 e. The maximum absolute atomic E-state index is 9.51. The first kappa shape index (κ1) is 8.70. The van der Waals surface area contributed by atoms with E-state index in [9.17, 15) is 5.11 Å². The van der Waals surface area contributed by atoms with Gasteiger partial charge in [0.1, 0.15) is 5.60 Å². The average Bonchev–Trinajstić information content (AvgIpc) is 2.33. The van der Waals surface area contributed by atoms with Gasteiger partial charge in [0.05, 0.1) is 13.2 Å². The number of nitrogens with two attached hydrogens (primary N) is 1. The first-order chi connectivity index (χ1) is 5.07. The van der Waals surface area contributed by atoms with Crippen molar-refractivity contribution in [1.82, 2.24) is 4.90 Å². The fourth-order valence-electron chi connectivity index (χ4n) is 1.17. The molecule has 1 atom stereocenters. The van der Waals surface area contributed by atoms with E-state index in [0.717, 1.165) is 0 Å². The number of likely N-dealkylation sites (tertiary alicyclic amines) is 1. The summed E-state index contributed by atoms with van der Waals surface area (Å²) >= 11 is 4.72. The van der Waals surface area contributed by atoms with Crippen molar-refractivity contribution in [2.75, 3.05) is 19.7 Å². The molecule has 0 aromatic rings. The average molecular weight is 176 g/mol. The van der Waals surface area contributed by atoms with Crippen molar-refractivity contribution >= 4 is 17.3 Å². The molecule has 4 nitrogen and oxygen atoms in total. The second-order valence-electron chi connectivity index (χ2n) is 2.89. The van der Waals surface area contributed by atoms with Gasteiger partial charge in [-0.2, -0.15) is 0 Å². The number of nitrogens with zero attached hydrogens (tertiary/aromatic N) is 1. The van der Waals surface area contributed by atoms with Gasteiger partial charge in [0.25, 0.3) is 0 Å². The van der Waals surface area contributed by atoms with E-state index in [4.69, 9.17) is 23.1 Å². The highest BCUT2D eigenvalue weighted by Gasteiger charge is 2.35. The first-order valence-corrected chi connectivity index (χ1v) is 3.86. The zero-order valence-electron chi connectivity index (χ0n) is 6.16. The van der Waals surface area contributed by atoms with E-state index in [1.165, 1.54) is 0 Å². The molecule has 1 aliphatic heterocycles. The van der Waals surface area contributed by atoms with Gasteiger partial charge in [0, 0.05) is 6.54 Å². The minimum absolute atomic E-state index is 0.230. The number of aliphatic hydroxyl groups excluding tert-OH is 1. The van der Waals surface area contributed by atoms with E-state index < -0.39 is 5.60 Å². The second-order valence-corrected chi connectivity index (χ2v) is 3.31. The molecule has 0 bridgehead atoms. The zero-order chi connectivity index (χ0) is 8.48. The normalized spacial score (nSPS) is 30.9. The summed E-state index contributed by atoms with van der Waals surface area (Å²) in [5.74, 6) is 0. The Hall–Kier alpha value is -0.390. The van der Waals surface area contributed by atoms with Crippen LogP contribution in [0.2, 0.25) is 0 Å². The van der Waals surface area contributed by atoms with Crippen LogP contribution in [0.3, 0.4) is 0 Å². The number of rotatable bonds is 1. The molecular formula is C6H12N2O2S. The van der Waals surface area contributed by atoms with Crippen molar-refractivity contribution in [3.05, 3.63) is 0 Å². The molecule has 1 unspecified atom stereocenters. The molecule has 0 amide bonds. The second kappa shape index (κ2) is 2.92. The molecule has 0 aromatic carbocycles. The molecule has 0 aliphatic carbocycles. The Kier molecular flexibility index (Phi) is 2.31. The van der Waals surface area contributed by atoms with E-state index in [-0.39, 0.29) is 11.7 Å². The molecule has 5 heteroatoms. The molecule has 11 heavy (non-hydrogen) atoms. The lowest BCUT2D eigenvalue weighted by molar-refractivity contribution is -0.00130. The van der Waals surface area contributed by atoms with Crippen molar-refractivity contribution < 1.29 is 10.2 Å². The third kappa shape index (κ3) is 1.79. The van der Waals surface area contributed by atoms with Crippen molar-refractivity contribution in [2.45, 2.75) is 12.0 Å². The summed E-state index contributed by atoms with van der Waals surface area (Å²) in [6.45, 7) is 0.747. The van der Waals surface area contributed by atoms with Crippen molar-refractivity contribution in [3.8, 4) is 0 Å². The quantitative estimate of drug-likeness (QED) is 0.431. The summed E-state index contributed by atoms with van der Waals surface area (Å²) in [6, 6.07) is 0. The van der Waals surface area contributed by atoms with Crippen molar-refractivity contribution in [2.24, 2.45) is 5.73 Å². The van der Waals surface area contributed by atoms with Crippen LogP contribution in [0, 0.1) is 0 Å². The Labute approximate surface area is 70.6 Å². The summed E-state index contributed by atoms with van der Waals surface area (Å²) < 4.78 is 0. The van der Waals surface area contributed by atoms with Crippen LogP contribution in [-0.4, -0.2) is 45.5 Å². The van der Waals surface area contributed by atoms with Crippen LogP contribution in [0.4, 0.5) is 0 Å². The highest BCUT2D eigenvalue weighted by atomic mass is 32.1. The first-order valence-electron chi connectivity index (χ1n) is 3.45. The zero-order valence-corrected chi connectivity index (χ0v) is 6.97. The van der Waals surface area contributed by atoms with Crippen molar-refractivity contribution in [1.29, 1.82) is 0 Å². The van der Waals surface area contributed by atoms with Gasteiger partial charge in [0.2, 0.25) is 0 Å². The highest BCUT2D eigenvalue weighted by molar-refractivity contribution is 7.80. The van der Waals surface area contributed by atoms with Crippen LogP contribution in [0.5, 0.6) is 0 Å². The van der Waals surface area contributed by atoms with E-state index in [2.05, 4.69) is 0 Å². The Balaban J connectivity index is 2.53. The van der Waals surface area contributed by atoms with Gasteiger partial charge in [0.15, 0.2) is 5.11 Å². The van der Waals surface area contributed by atoms with Crippen LogP contribution >= 0.6 is 12.2 Å². The van der Waals surface area contributed by atoms with E-state index in [1.54, 1.807) is 4.90 Å². The minimum atomic E-state index is -0.997. The molecule has 64 valence electrons. The SMILES string of the molecule is NC(=S)N1CCC(O)(CO)C1. The number of hydrogen-bond acceptors (Lipinski definition) is 3. The van der Waals surface area contributed by atoms with Crippen LogP contribution in [0.25, 0.3) is 0 Å². The fraction of sp³-hybridized carbons (Fsp3) is 0.833. The lowest BCUT2D eigenvalue weighted by atomic mass is 10.1. The maximum atomic E-state index is 9.51. The summed E-state index contributed by atoms with van der Waals surface area (Å²) in [6.07, 6.45) is 0.529. The molecule has 1 heterocycles. The summed E-state index contributed by atoms with van der Waals surface area (Å²) in [5, 5.41) is 18.6. The summed E-state index contributed by atoms with van der Waals surface area (Å²) in [7, 11) is 0. The molecule has 4 N–H and O–H groups in total. The molecule has 0 saturated carbocycles. The third-order valence-electron chi connectivity index (χ3n) is 1.94. The molecule has 1 rings (SSSR count). The Morgan fingerprint density at radius 3 is 2.64 bits per heavy atom. The number of thiocarbonyl (C=S) groups is 1. The number of hydrogen-bond donors (Lipinski definition) is 3. The molecule has 0 spiro atoms.